The molecule has 45 heavy (non-hydrogen) atoms. The molecule has 2 aliphatic heterocycles. The highest BCUT2D eigenvalue weighted by molar-refractivity contribution is 5.92. The molecule has 3 amide bonds. The lowest BCUT2D eigenvalue weighted by molar-refractivity contribution is -0.150. The van der Waals surface area contributed by atoms with E-state index < -0.39 is 11.6 Å². The van der Waals surface area contributed by atoms with Gasteiger partial charge in [-0.25, -0.2) is 0 Å². The highest BCUT2D eigenvalue weighted by Crippen LogP contribution is 2.29. The maximum absolute atomic E-state index is 14.1. The second-order valence-electron chi connectivity index (χ2n) is 13.6. The van der Waals surface area contributed by atoms with Crippen molar-refractivity contribution in [3.05, 3.63) is 59.4 Å². The molecule has 9 heteroatoms. The summed E-state index contributed by atoms with van der Waals surface area (Å²) in [6, 6.07) is 11.0. The van der Waals surface area contributed by atoms with E-state index in [1.54, 1.807) is 18.7 Å². The first-order valence-corrected chi connectivity index (χ1v) is 16.8. The summed E-state index contributed by atoms with van der Waals surface area (Å²) in [6.07, 6.45) is 6.34. The summed E-state index contributed by atoms with van der Waals surface area (Å²) >= 11 is 0. The number of amides is 3. The quantitative estimate of drug-likeness (QED) is 0.458. The van der Waals surface area contributed by atoms with Crippen molar-refractivity contribution >= 4 is 17.7 Å². The van der Waals surface area contributed by atoms with Gasteiger partial charge in [-0.3, -0.25) is 24.3 Å². The number of carbonyl (C=O) groups excluding carboxylic acids is 3. The fourth-order valence-corrected chi connectivity index (χ4v) is 6.36. The van der Waals surface area contributed by atoms with E-state index in [0.29, 0.717) is 38.2 Å². The molecule has 0 unspecified atom stereocenters. The molecular formula is C36H53N5O4. The van der Waals surface area contributed by atoms with Gasteiger partial charge in [0.1, 0.15) is 11.8 Å². The number of nitrogens with one attached hydrogen (secondary N) is 1. The van der Waals surface area contributed by atoms with Gasteiger partial charge in [-0.15, -0.1) is 0 Å². The van der Waals surface area contributed by atoms with Crippen LogP contribution in [0.4, 0.5) is 0 Å². The van der Waals surface area contributed by atoms with Crippen LogP contribution in [0.3, 0.4) is 0 Å². The number of ether oxygens (including phenoxy) is 1. The summed E-state index contributed by atoms with van der Waals surface area (Å²) in [4.78, 5) is 52.1. The Morgan fingerprint density at radius 1 is 1.07 bits per heavy atom. The first-order chi connectivity index (χ1) is 21.5. The molecule has 3 heterocycles. The third-order valence-electron chi connectivity index (χ3n) is 8.82. The Morgan fingerprint density at radius 2 is 1.84 bits per heavy atom. The zero-order valence-corrected chi connectivity index (χ0v) is 28.2. The fraction of sp³-hybridized carbons (Fsp3) is 0.611. The number of carbonyl (C=O) groups is 3. The highest BCUT2D eigenvalue weighted by atomic mass is 16.5. The first-order valence-electron chi connectivity index (χ1n) is 16.8. The number of benzene rings is 1. The number of pyridine rings is 1. The molecule has 0 saturated carbocycles. The predicted molar refractivity (Wildman–Crippen MR) is 177 cm³/mol. The van der Waals surface area contributed by atoms with Gasteiger partial charge in [0.25, 0.3) is 5.91 Å². The number of rotatable bonds is 8. The Bertz CT molecular complexity index is 1290. The molecule has 0 aliphatic carbocycles. The van der Waals surface area contributed by atoms with Crippen molar-refractivity contribution in [3.8, 4) is 5.75 Å². The summed E-state index contributed by atoms with van der Waals surface area (Å²) in [5.74, 6) is 0.481. The number of aromatic nitrogens is 1. The fourth-order valence-electron chi connectivity index (χ4n) is 6.36. The van der Waals surface area contributed by atoms with Crippen molar-refractivity contribution in [1.29, 1.82) is 0 Å². The van der Waals surface area contributed by atoms with Crippen LogP contribution in [0.15, 0.2) is 42.6 Å². The highest BCUT2D eigenvalue weighted by Gasteiger charge is 2.47. The van der Waals surface area contributed by atoms with E-state index in [4.69, 9.17) is 4.74 Å². The number of nitrogens with zero attached hydrogens (tertiary/aromatic N) is 4. The Hall–Kier alpha value is -3.46. The zero-order chi connectivity index (χ0) is 32.6. The van der Waals surface area contributed by atoms with Gasteiger partial charge < -0.3 is 19.9 Å². The van der Waals surface area contributed by atoms with Crippen molar-refractivity contribution in [2.24, 2.45) is 5.92 Å². The van der Waals surface area contributed by atoms with E-state index >= 15 is 0 Å². The Balaban J connectivity index is 1.54. The topological polar surface area (TPSA) is 95.1 Å². The van der Waals surface area contributed by atoms with Gasteiger partial charge in [0.2, 0.25) is 11.8 Å². The molecule has 4 rings (SSSR count). The van der Waals surface area contributed by atoms with Gasteiger partial charge >= 0.3 is 0 Å². The lowest BCUT2D eigenvalue weighted by atomic mass is 10.1. The van der Waals surface area contributed by atoms with Crippen molar-refractivity contribution in [2.45, 2.75) is 104 Å². The van der Waals surface area contributed by atoms with Crippen LogP contribution in [0, 0.1) is 12.8 Å². The molecule has 2 aromatic rings. The van der Waals surface area contributed by atoms with Crippen molar-refractivity contribution in [2.75, 3.05) is 32.7 Å². The van der Waals surface area contributed by atoms with Crippen molar-refractivity contribution in [3.63, 3.8) is 0 Å². The maximum atomic E-state index is 14.1. The number of aryl methyl sites for hydroxylation is 2. The average Bonchev–Trinajstić information content (AvgIpc) is 3.42. The Morgan fingerprint density at radius 3 is 2.53 bits per heavy atom. The minimum atomic E-state index is -1.19. The second-order valence-corrected chi connectivity index (χ2v) is 13.6. The molecule has 246 valence electrons. The molecule has 2 atom stereocenters. The van der Waals surface area contributed by atoms with E-state index in [1.165, 1.54) is 5.56 Å². The maximum Gasteiger partial charge on any atom is 0.266 e. The summed E-state index contributed by atoms with van der Waals surface area (Å²) in [5, 5.41) is 3.10. The van der Waals surface area contributed by atoms with Crippen molar-refractivity contribution < 1.29 is 19.1 Å². The van der Waals surface area contributed by atoms with Crippen LogP contribution < -0.4 is 10.1 Å². The van der Waals surface area contributed by atoms with E-state index in [0.717, 1.165) is 56.6 Å². The standard InChI is InChI=1S/C36H53N5O4/c1-7-28-14-15-29(38-23-28)24-39-17-9-8-16-37-34(43)32-22-30(40(19-11-18-39)33(42)20-26(2)3)25-41(32)35(44)36(5,6)45-31-13-10-12-27(4)21-31/h10,12-15,21,23,26,30,32H,7-9,11,16-20,22,24-25H2,1-6H3,(H,37,43)/t30-,32-/m0/s1. The number of hydrogen-bond donors (Lipinski definition) is 1. The lowest BCUT2D eigenvalue weighted by Crippen LogP contribution is -2.54. The number of hydrogen-bond acceptors (Lipinski definition) is 6. The third kappa shape index (κ3) is 9.52. The van der Waals surface area contributed by atoms with E-state index in [-0.39, 0.29) is 29.7 Å². The number of fused-ring (bicyclic) bond motifs is 2. The molecule has 0 radical (unpaired) electrons. The van der Waals surface area contributed by atoms with Crippen LogP contribution in [0.5, 0.6) is 5.75 Å². The van der Waals surface area contributed by atoms with Crippen LogP contribution in [-0.4, -0.2) is 87.8 Å². The number of likely N-dealkylation sites (tertiary alicyclic amines) is 1. The van der Waals surface area contributed by atoms with Gasteiger partial charge in [0.15, 0.2) is 5.60 Å². The zero-order valence-electron chi connectivity index (χ0n) is 28.2. The summed E-state index contributed by atoms with van der Waals surface area (Å²) in [5.41, 5.74) is 2.11. The molecule has 1 aromatic heterocycles. The van der Waals surface area contributed by atoms with Crippen LogP contribution in [0.25, 0.3) is 0 Å². The molecule has 9 nitrogen and oxygen atoms in total. The average molecular weight is 620 g/mol. The second kappa shape index (κ2) is 15.7. The molecule has 2 fully saturated rings. The molecule has 0 spiro atoms. The normalized spacial score (nSPS) is 20.6. The molecular weight excluding hydrogens is 566 g/mol. The first kappa shape index (κ1) is 34.4. The minimum Gasteiger partial charge on any atom is -0.478 e. The lowest BCUT2D eigenvalue weighted by Gasteiger charge is -2.33. The molecule has 2 saturated heterocycles. The molecule has 1 aromatic carbocycles. The SMILES string of the molecule is CCc1ccc(CN2CCCCNC(=O)[C@@H]3C[C@@H](CN3C(=O)C(C)(C)Oc3cccc(C)c3)N(C(=O)CC(C)C)CCC2)nc1. The van der Waals surface area contributed by atoms with E-state index in [2.05, 4.69) is 34.3 Å². The third-order valence-corrected chi connectivity index (χ3v) is 8.82. The predicted octanol–water partition coefficient (Wildman–Crippen LogP) is 4.76. The Kier molecular flexibility index (Phi) is 12.0. The minimum absolute atomic E-state index is 0.0780. The van der Waals surface area contributed by atoms with Crippen LogP contribution in [0.2, 0.25) is 0 Å². The van der Waals surface area contributed by atoms with E-state index in [9.17, 15) is 14.4 Å². The van der Waals surface area contributed by atoms with E-state index in [1.807, 2.05) is 56.1 Å². The van der Waals surface area contributed by atoms with Gasteiger partial charge in [-0.05, 0) is 94.7 Å². The van der Waals surface area contributed by atoms with Crippen LogP contribution in [0.1, 0.15) is 83.5 Å². The van der Waals surface area contributed by atoms with Gasteiger partial charge in [0, 0.05) is 45.3 Å². The Labute approximate surface area is 269 Å². The van der Waals surface area contributed by atoms with Gasteiger partial charge in [0.05, 0.1) is 11.7 Å². The molecule has 2 bridgehead atoms. The monoisotopic (exact) mass is 619 g/mol. The smallest absolute Gasteiger partial charge is 0.266 e. The summed E-state index contributed by atoms with van der Waals surface area (Å²) in [7, 11) is 0. The summed E-state index contributed by atoms with van der Waals surface area (Å²) < 4.78 is 6.21. The van der Waals surface area contributed by atoms with Gasteiger partial charge in [-0.1, -0.05) is 39.0 Å². The summed E-state index contributed by atoms with van der Waals surface area (Å²) in [6.45, 7) is 15.6. The molecule has 1 N–H and O–H groups in total. The molecule has 2 aliphatic rings. The largest absolute Gasteiger partial charge is 0.478 e. The van der Waals surface area contributed by atoms with Crippen molar-refractivity contribution in [1.82, 2.24) is 25.0 Å². The van der Waals surface area contributed by atoms with Gasteiger partial charge in [-0.2, -0.15) is 0 Å². The van der Waals surface area contributed by atoms with Crippen LogP contribution >= 0.6 is 0 Å². The van der Waals surface area contributed by atoms with Crippen LogP contribution in [-0.2, 0) is 27.3 Å².